The van der Waals surface area contributed by atoms with Gasteiger partial charge in [-0.25, -0.2) is 13.9 Å². The van der Waals surface area contributed by atoms with Crippen molar-refractivity contribution >= 4 is 17.4 Å². The molecule has 0 radical (unpaired) electrons. The largest absolute Gasteiger partial charge is 0.459 e. The summed E-state index contributed by atoms with van der Waals surface area (Å²) in [6.45, 7) is 6.04. The van der Waals surface area contributed by atoms with Crippen LogP contribution >= 0.6 is 0 Å². The van der Waals surface area contributed by atoms with Gasteiger partial charge in [-0.3, -0.25) is 4.79 Å². The maximum Gasteiger partial charge on any atom is 0.303 e. The quantitative estimate of drug-likeness (QED) is 0.616. The summed E-state index contributed by atoms with van der Waals surface area (Å²) in [5, 5.41) is 4.79. The van der Waals surface area contributed by atoms with Crippen LogP contribution in [0.2, 0.25) is 0 Å². The number of hydrogen-bond donors (Lipinski definition) is 0. The number of carbonyl (C=O) groups excluding carboxylic acids is 1. The van der Waals surface area contributed by atoms with Crippen molar-refractivity contribution in [3.63, 3.8) is 0 Å². The Morgan fingerprint density at radius 1 is 1.24 bits per heavy atom. The zero-order valence-electron chi connectivity index (χ0n) is 16.5. The van der Waals surface area contributed by atoms with Gasteiger partial charge in [0.25, 0.3) is 0 Å². The average Bonchev–Trinajstić information content (AvgIpc) is 3.07. The molecule has 1 aliphatic heterocycles. The van der Waals surface area contributed by atoms with Crippen LogP contribution in [0.5, 0.6) is 0 Å². The van der Waals surface area contributed by atoms with Gasteiger partial charge in [0, 0.05) is 26.4 Å². The van der Waals surface area contributed by atoms with Crippen molar-refractivity contribution in [2.75, 3.05) is 31.2 Å². The van der Waals surface area contributed by atoms with Crippen LogP contribution in [0.3, 0.4) is 0 Å². The molecule has 152 valence electrons. The van der Waals surface area contributed by atoms with Gasteiger partial charge in [-0.15, -0.1) is 5.10 Å². The number of halogens is 1. The van der Waals surface area contributed by atoms with Gasteiger partial charge in [-0.05, 0) is 36.2 Å². The van der Waals surface area contributed by atoms with Crippen molar-refractivity contribution in [1.82, 2.24) is 14.6 Å². The zero-order valence-corrected chi connectivity index (χ0v) is 16.5. The van der Waals surface area contributed by atoms with E-state index in [0.717, 1.165) is 30.2 Å². The van der Waals surface area contributed by atoms with Gasteiger partial charge in [0.15, 0.2) is 5.65 Å². The summed E-state index contributed by atoms with van der Waals surface area (Å²) in [5.41, 5.74) is 3.49. The molecule has 1 saturated heterocycles. The van der Waals surface area contributed by atoms with E-state index in [1.54, 1.807) is 17.5 Å². The van der Waals surface area contributed by atoms with Crippen molar-refractivity contribution < 1.29 is 18.7 Å². The average molecular weight is 398 g/mol. The number of morpholine rings is 1. The third kappa shape index (κ3) is 4.07. The van der Waals surface area contributed by atoms with E-state index in [9.17, 15) is 9.18 Å². The van der Waals surface area contributed by atoms with Crippen LogP contribution in [0.25, 0.3) is 5.65 Å². The summed E-state index contributed by atoms with van der Waals surface area (Å²) in [5.74, 6) is 0.200. The molecule has 0 N–H and O–H groups in total. The van der Waals surface area contributed by atoms with Crippen LogP contribution in [0.1, 0.15) is 29.4 Å². The van der Waals surface area contributed by atoms with Crippen LogP contribution in [-0.4, -0.2) is 46.9 Å². The fourth-order valence-corrected chi connectivity index (χ4v) is 3.46. The Morgan fingerprint density at radius 3 is 2.79 bits per heavy atom. The van der Waals surface area contributed by atoms with Gasteiger partial charge in [0.05, 0.1) is 18.9 Å². The summed E-state index contributed by atoms with van der Waals surface area (Å²) in [7, 11) is 0. The number of esters is 1. The molecular weight excluding hydrogens is 375 g/mol. The molecule has 0 atom stereocenters. The van der Waals surface area contributed by atoms with E-state index >= 15 is 0 Å². The fourth-order valence-electron chi connectivity index (χ4n) is 3.46. The van der Waals surface area contributed by atoms with E-state index in [-0.39, 0.29) is 18.4 Å². The lowest BCUT2D eigenvalue weighted by atomic mass is 10.0. The van der Waals surface area contributed by atoms with Gasteiger partial charge < -0.3 is 14.4 Å². The number of hydrogen-bond acceptors (Lipinski definition) is 6. The van der Waals surface area contributed by atoms with Crippen molar-refractivity contribution in [3.8, 4) is 0 Å². The lowest BCUT2D eigenvalue weighted by molar-refractivity contribution is -0.142. The fraction of sp³-hybridized carbons (Fsp3) is 0.381. The number of fused-ring (bicyclic) bond motifs is 1. The molecule has 0 aliphatic carbocycles. The summed E-state index contributed by atoms with van der Waals surface area (Å²) in [4.78, 5) is 18.1. The van der Waals surface area contributed by atoms with E-state index in [2.05, 4.69) is 9.88 Å². The Labute approximate surface area is 168 Å². The highest BCUT2D eigenvalue weighted by Crippen LogP contribution is 2.22. The normalized spacial score (nSPS) is 14.4. The topological polar surface area (TPSA) is 69.0 Å². The standard InChI is InChI=1S/C21H23FN4O3/c1-14-16(4-3-5-17(14)22)12-19-18(13-29-15(2)27)23-20-6-7-21(24-26(19)20)25-8-10-28-11-9-25/h3-7H,8-13H2,1-2H3. The smallest absolute Gasteiger partial charge is 0.303 e. The second-order valence-corrected chi connectivity index (χ2v) is 7.05. The van der Waals surface area contributed by atoms with Crippen LogP contribution in [0.4, 0.5) is 10.2 Å². The van der Waals surface area contributed by atoms with Crippen molar-refractivity contribution in [3.05, 3.63) is 58.7 Å². The molecule has 1 aliphatic rings. The van der Waals surface area contributed by atoms with E-state index in [4.69, 9.17) is 14.6 Å². The van der Waals surface area contributed by atoms with E-state index in [0.29, 0.717) is 36.5 Å². The monoisotopic (exact) mass is 398 g/mol. The SMILES string of the molecule is CC(=O)OCc1nc2ccc(N3CCOCC3)nn2c1Cc1cccc(F)c1C. The summed E-state index contributed by atoms with van der Waals surface area (Å²) in [6.07, 6.45) is 0.431. The van der Waals surface area contributed by atoms with Gasteiger partial charge in [0.2, 0.25) is 0 Å². The highest BCUT2D eigenvalue weighted by Gasteiger charge is 2.19. The molecular formula is C21H23FN4O3. The first-order valence-corrected chi connectivity index (χ1v) is 9.60. The molecule has 3 heterocycles. The van der Waals surface area contributed by atoms with E-state index in [1.807, 2.05) is 18.2 Å². The highest BCUT2D eigenvalue weighted by molar-refractivity contribution is 5.66. The Morgan fingerprint density at radius 2 is 2.03 bits per heavy atom. The molecule has 7 nitrogen and oxygen atoms in total. The molecule has 8 heteroatoms. The molecule has 0 bridgehead atoms. The van der Waals surface area contributed by atoms with Crippen molar-refractivity contribution in [1.29, 1.82) is 0 Å². The molecule has 29 heavy (non-hydrogen) atoms. The number of nitrogens with zero attached hydrogens (tertiary/aromatic N) is 4. The first-order valence-electron chi connectivity index (χ1n) is 9.60. The molecule has 0 unspecified atom stereocenters. The summed E-state index contributed by atoms with van der Waals surface area (Å²) >= 11 is 0. The summed E-state index contributed by atoms with van der Waals surface area (Å²) < 4.78 is 26.4. The maximum absolute atomic E-state index is 14.1. The lowest BCUT2D eigenvalue weighted by Crippen LogP contribution is -2.37. The minimum absolute atomic E-state index is 0.0509. The predicted molar refractivity (Wildman–Crippen MR) is 105 cm³/mol. The number of aromatic nitrogens is 3. The van der Waals surface area contributed by atoms with E-state index in [1.165, 1.54) is 13.0 Å². The highest BCUT2D eigenvalue weighted by atomic mass is 19.1. The first-order chi connectivity index (χ1) is 14.0. The van der Waals surface area contributed by atoms with Gasteiger partial charge >= 0.3 is 5.97 Å². The molecule has 1 aromatic carbocycles. The second kappa shape index (κ2) is 8.16. The van der Waals surface area contributed by atoms with Crippen LogP contribution in [0, 0.1) is 12.7 Å². The van der Waals surface area contributed by atoms with Crippen LogP contribution in [0.15, 0.2) is 30.3 Å². The Hall–Kier alpha value is -3.00. The lowest BCUT2D eigenvalue weighted by Gasteiger charge is -2.27. The van der Waals surface area contributed by atoms with Crippen LogP contribution < -0.4 is 4.90 Å². The second-order valence-electron chi connectivity index (χ2n) is 7.05. The first kappa shape index (κ1) is 19.3. The van der Waals surface area contributed by atoms with Gasteiger partial charge in [0.1, 0.15) is 23.9 Å². The Balaban J connectivity index is 1.77. The zero-order chi connectivity index (χ0) is 20.4. The maximum atomic E-state index is 14.1. The molecule has 0 spiro atoms. The third-order valence-corrected chi connectivity index (χ3v) is 5.12. The van der Waals surface area contributed by atoms with E-state index < -0.39 is 0 Å². The Bertz CT molecular complexity index is 1040. The van der Waals surface area contributed by atoms with Crippen molar-refractivity contribution in [2.24, 2.45) is 0 Å². The minimum atomic E-state index is -0.378. The molecule has 3 aromatic rings. The molecule has 2 aromatic heterocycles. The van der Waals surface area contributed by atoms with Crippen LogP contribution in [-0.2, 0) is 27.3 Å². The Kier molecular flexibility index (Phi) is 5.44. The number of imidazole rings is 1. The van der Waals surface area contributed by atoms with Crippen molar-refractivity contribution in [2.45, 2.75) is 26.9 Å². The van der Waals surface area contributed by atoms with Gasteiger partial charge in [-0.2, -0.15) is 0 Å². The predicted octanol–water partition coefficient (Wildman–Crippen LogP) is 2.67. The third-order valence-electron chi connectivity index (χ3n) is 5.12. The number of carbonyl (C=O) groups is 1. The molecule has 4 rings (SSSR count). The molecule has 0 saturated carbocycles. The molecule has 0 amide bonds. The number of anilines is 1. The number of ether oxygens (including phenoxy) is 2. The summed E-state index contributed by atoms with van der Waals surface area (Å²) in [6, 6.07) is 8.86. The molecule has 1 fully saturated rings. The minimum Gasteiger partial charge on any atom is -0.459 e. The number of benzene rings is 1. The van der Waals surface area contributed by atoms with Gasteiger partial charge in [-0.1, -0.05) is 12.1 Å². The number of rotatable bonds is 5.